The quantitative estimate of drug-likeness (QED) is 0.0791. The van der Waals surface area contributed by atoms with Gasteiger partial charge in [0.2, 0.25) is 0 Å². The third-order valence-electron chi connectivity index (χ3n) is 12.5. The molecule has 3 fully saturated rings. The summed E-state index contributed by atoms with van der Waals surface area (Å²) in [6.07, 6.45) is -0.0458. The molecule has 0 bridgehead atoms. The molecule has 3 N–H and O–H groups in total. The lowest BCUT2D eigenvalue weighted by Crippen LogP contribution is -2.62. The van der Waals surface area contributed by atoms with E-state index in [-0.39, 0.29) is 12.8 Å². The Labute approximate surface area is 362 Å². The van der Waals surface area contributed by atoms with Crippen molar-refractivity contribution in [2.24, 2.45) is 22.9 Å². The Morgan fingerprint density at radius 2 is 1.92 bits per heavy atom. The first kappa shape index (κ1) is 48.3. The molecule has 2 aromatic rings. The zero-order valence-corrected chi connectivity index (χ0v) is 37.9. The van der Waals surface area contributed by atoms with Crippen LogP contribution >= 0.6 is 11.3 Å². The maximum absolute atomic E-state index is 16.9. The summed E-state index contributed by atoms with van der Waals surface area (Å²) in [5.41, 5.74) is -1.23. The lowest BCUT2D eigenvalue weighted by Gasteiger charge is -2.46. The van der Waals surface area contributed by atoms with Crippen LogP contribution in [0.3, 0.4) is 0 Å². The van der Waals surface area contributed by atoms with Crippen LogP contribution in [0.15, 0.2) is 47.2 Å². The van der Waals surface area contributed by atoms with Crippen LogP contribution in [0, 0.1) is 17.8 Å². The highest BCUT2D eigenvalue weighted by Crippen LogP contribution is 2.43. The van der Waals surface area contributed by atoms with E-state index in [1.54, 1.807) is 37.6 Å². The highest BCUT2D eigenvalue weighted by atomic mass is 32.1. The number of nitrogens with one attached hydrogen (secondary N) is 1. The van der Waals surface area contributed by atoms with Crippen LogP contribution in [-0.4, -0.2) is 140 Å². The highest BCUT2D eigenvalue weighted by molar-refractivity contribution is 7.08. The molecule has 5 heterocycles. The van der Waals surface area contributed by atoms with Crippen LogP contribution in [0.1, 0.15) is 81.1 Å². The average Bonchev–Trinajstić information content (AvgIpc) is 3.96. The van der Waals surface area contributed by atoms with Crippen molar-refractivity contribution in [3.05, 3.63) is 42.0 Å². The zero-order chi connectivity index (χ0) is 45.0. The van der Waals surface area contributed by atoms with E-state index in [9.17, 15) is 24.6 Å². The molecule has 0 saturated carbocycles. The van der Waals surface area contributed by atoms with Crippen molar-refractivity contribution >= 4 is 34.9 Å². The largest absolute Gasteiger partial charge is 0.455 e. The first-order chi connectivity index (χ1) is 28.7. The van der Waals surface area contributed by atoms with Crippen LogP contribution in [-0.2, 0) is 39.9 Å². The molecule has 1 amide bonds. The summed E-state index contributed by atoms with van der Waals surface area (Å²) in [6, 6.07) is 0.638. The number of nitrogens with zero attached hydrogens (tertiary/aromatic N) is 5. The van der Waals surface area contributed by atoms with Crippen LogP contribution in [0.2, 0.25) is 0 Å². The third-order valence-corrected chi connectivity index (χ3v) is 13.2. The highest BCUT2D eigenvalue weighted by Gasteiger charge is 2.62. The van der Waals surface area contributed by atoms with E-state index in [0.29, 0.717) is 38.2 Å². The van der Waals surface area contributed by atoms with Crippen molar-refractivity contribution in [3.8, 4) is 11.3 Å². The molecule has 0 spiro atoms. The van der Waals surface area contributed by atoms with Crippen LogP contribution in [0.4, 0.5) is 9.18 Å². The van der Waals surface area contributed by atoms with Gasteiger partial charge in [0, 0.05) is 60.6 Å². The van der Waals surface area contributed by atoms with E-state index in [2.05, 4.69) is 22.1 Å². The number of likely N-dealkylation sites (N-methyl/N-ethyl adjacent to an activating group) is 1. The molecule has 0 aromatic carbocycles. The number of carbonyl (C=O) groups is 3. The van der Waals surface area contributed by atoms with E-state index in [1.165, 1.54) is 26.0 Å². The Kier molecular flexibility index (Phi) is 15.6. The zero-order valence-electron chi connectivity index (χ0n) is 37.1. The molecule has 16 nitrogen and oxygen atoms in total. The molecule has 18 heteroatoms. The molecule has 3 aliphatic rings. The molecule has 340 valence electrons. The van der Waals surface area contributed by atoms with Crippen molar-refractivity contribution in [1.82, 2.24) is 24.9 Å². The Morgan fingerprint density at radius 3 is 2.56 bits per heavy atom. The normalized spacial score (nSPS) is 37.3. The number of aliphatic hydroxyl groups is 2. The maximum atomic E-state index is 16.9. The van der Waals surface area contributed by atoms with Crippen LogP contribution < -0.4 is 5.43 Å². The number of aromatic nitrogens is 2. The first-order valence-corrected chi connectivity index (χ1v) is 22.0. The fourth-order valence-electron chi connectivity index (χ4n) is 9.42. The molecular formula is C43H65FN6O10S. The third kappa shape index (κ3) is 10.2. The molecule has 0 radical (unpaired) electrons. The maximum Gasteiger partial charge on any atom is 0.425 e. The summed E-state index contributed by atoms with van der Waals surface area (Å²) in [5.74, 6) is -5.48. The summed E-state index contributed by atoms with van der Waals surface area (Å²) < 4.78 is 43.4. The monoisotopic (exact) mass is 876 g/mol. The minimum atomic E-state index is -3.23. The van der Waals surface area contributed by atoms with Crippen molar-refractivity contribution in [3.63, 3.8) is 0 Å². The number of halogens is 1. The topological polar surface area (TPSA) is 187 Å². The van der Waals surface area contributed by atoms with Gasteiger partial charge < -0.3 is 38.6 Å². The molecule has 0 aliphatic carbocycles. The fourth-order valence-corrected chi connectivity index (χ4v) is 10.1. The van der Waals surface area contributed by atoms with Gasteiger partial charge in [0.25, 0.3) is 5.67 Å². The SMILES string of the molecule is C=CCN(C)[C@H]1C[C@@H](C)OC(O[C@@H]2[C@@H](C)C(=O)[C@](C)(F)C(=O)O[C@H](CC)[C@@]3(C)OC(=O)N(NCCCn4cnc(-c5ccsc5)c4)C3[C@@H](C)/C(=N/OC)[C@H](C)C[C@@]2(C)O)[C@@H]1O. The van der Waals surface area contributed by atoms with Gasteiger partial charge >= 0.3 is 12.1 Å². The number of aryl methyl sites for hydroxylation is 1. The van der Waals surface area contributed by atoms with Gasteiger partial charge in [0.05, 0.1) is 35.5 Å². The Balaban J connectivity index is 1.49. The number of thiophene rings is 1. The summed E-state index contributed by atoms with van der Waals surface area (Å²) >= 11 is 1.59. The van der Waals surface area contributed by atoms with E-state index < -0.39 is 95.3 Å². The Morgan fingerprint density at radius 1 is 1.20 bits per heavy atom. The second kappa shape index (κ2) is 19.7. The van der Waals surface area contributed by atoms with E-state index in [0.717, 1.165) is 18.2 Å². The predicted octanol–water partition coefficient (Wildman–Crippen LogP) is 5.14. The van der Waals surface area contributed by atoms with Gasteiger partial charge in [-0.15, -0.1) is 6.58 Å². The number of aliphatic hydroxyl groups excluding tert-OH is 1. The second-order valence-corrected chi connectivity index (χ2v) is 18.2. The number of imidazole rings is 1. The van der Waals surface area contributed by atoms with E-state index in [1.807, 2.05) is 60.3 Å². The standard InChI is InChI=1S/C43H65FN6O10S/c1-12-17-48(10)31-20-26(4)57-38(34(31)51)59-37-28(6)36(52)42(8,44)39(53)58-32(13-2)43(9)35(27(5)33(47-56-11)25(3)21-41(37,7)55)50(40(54)60-43)46-16-14-18-49-22-30(45-24-49)29-15-19-61-23-29/h12,15,19,22-28,31-32,34-35,37-38,46,51,55H,1,13-14,16-18,20-21H2,2-11H3/b47-33+/t25-,26-,27+,28+,31+,32-,34-,35?,37-,38?,41-,42+,43-/m1/s1. The number of ether oxygens (including phenoxy) is 4. The number of esters is 1. The number of cyclic esters (lactones) is 1. The summed E-state index contributed by atoms with van der Waals surface area (Å²) in [5, 5.41) is 33.9. The number of hydrogen-bond acceptors (Lipinski definition) is 15. The minimum Gasteiger partial charge on any atom is -0.455 e. The Hall–Kier alpha value is -3.78. The van der Waals surface area contributed by atoms with Crippen LogP contribution in [0.5, 0.6) is 0 Å². The number of Topliss-reactive ketones (excluding diaryl/α,β-unsaturated/α-hetero) is 1. The molecule has 5 rings (SSSR count). The second-order valence-electron chi connectivity index (χ2n) is 17.4. The predicted molar refractivity (Wildman–Crippen MR) is 227 cm³/mol. The van der Waals surface area contributed by atoms with Crippen molar-refractivity contribution in [1.29, 1.82) is 0 Å². The average molecular weight is 877 g/mol. The number of hydrogen-bond donors (Lipinski definition) is 3. The van der Waals surface area contributed by atoms with Gasteiger partial charge in [0.15, 0.2) is 17.7 Å². The lowest BCUT2D eigenvalue weighted by molar-refractivity contribution is -0.293. The molecule has 3 aliphatic heterocycles. The number of oxime groups is 1. The lowest BCUT2D eigenvalue weighted by atomic mass is 9.73. The van der Waals surface area contributed by atoms with E-state index >= 15 is 4.39 Å². The van der Waals surface area contributed by atoms with Gasteiger partial charge in [-0.1, -0.05) is 38.9 Å². The molecule has 13 atom stereocenters. The summed E-state index contributed by atoms with van der Waals surface area (Å²) in [6.45, 7) is 17.6. The van der Waals surface area contributed by atoms with Gasteiger partial charge in [-0.3, -0.25) is 9.69 Å². The van der Waals surface area contributed by atoms with Gasteiger partial charge in [-0.25, -0.2) is 29.4 Å². The number of carbonyl (C=O) groups excluding carboxylic acids is 3. The van der Waals surface area contributed by atoms with Gasteiger partial charge in [-0.2, -0.15) is 11.3 Å². The molecule has 2 unspecified atom stereocenters. The van der Waals surface area contributed by atoms with Crippen molar-refractivity contribution in [2.75, 3.05) is 27.2 Å². The number of alkyl halides is 1. The fraction of sp³-hybridized carbons (Fsp3) is 0.698. The minimum absolute atomic E-state index is 0.0861. The summed E-state index contributed by atoms with van der Waals surface area (Å²) in [7, 11) is 3.21. The first-order valence-electron chi connectivity index (χ1n) is 21.1. The van der Waals surface area contributed by atoms with Crippen molar-refractivity contribution in [2.45, 2.75) is 147 Å². The molecule has 3 saturated heterocycles. The number of rotatable bonds is 13. The van der Waals surface area contributed by atoms with Gasteiger partial charge in [-0.05, 0) is 71.9 Å². The number of amides is 1. The van der Waals surface area contributed by atoms with Crippen LogP contribution in [0.25, 0.3) is 11.3 Å². The number of ketones is 1. The Bertz CT molecular complexity index is 1860. The summed E-state index contributed by atoms with van der Waals surface area (Å²) in [4.78, 5) is 53.9. The molecule has 2 aromatic heterocycles. The van der Waals surface area contributed by atoms with Gasteiger partial charge in [0.1, 0.15) is 25.4 Å². The number of fused-ring (bicyclic) bond motifs is 1. The smallest absolute Gasteiger partial charge is 0.425 e. The molecule has 61 heavy (non-hydrogen) atoms. The van der Waals surface area contributed by atoms with Crippen molar-refractivity contribution < 1.29 is 52.8 Å². The number of hydrazine groups is 1. The van der Waals surface area contributed by atoms with E-state index in [4.69, 9.17) is 23.8 Å². The molecular weight excluding hydrogens is 812 g/mol.